The number of hydrogen-bond donors (Lipinski definition) is 0. The van der Waals surface area contributed by atoms with Gasteiger partial charge in [0.1, 0.15) is 5.75 Å². The smallest absolute Gasteiger partial charge is 0.243 e. The quantitative estimate of drug-likeness (QED) is 0.470. The van der Waals surface area contributed by atoms with Gasteiger partial charge in [-0.05, 0) is 57.3 Å². The molecule has 10 heteroatoms. The zero-order valence-electron chi connectivity index (χ0n) is 19.7. The molecule has 0 saturated carbocycles. The number of likely N-dealkylation sites (N-methyl/N-ethyl adjacent to an activating group) is 1. The first-order valence-corrected chi connectivity index (χ1v) is 13.5. The van der Waals surface area contributed by atoms with E-state index in [0.717, 1.165) is 16.0 Å². The second-order valence-electron chi connectivity index (χ2n) is 8.64. The van der Waals surface area contributed by atoms with Crippen molar-refractivity contribution in [2.45, 2.75) is 17.7 Å². The van der Waals surface area contributed by atoms with E-state index in [1.807, 2.05) is 37.2 Å². The highest BCUT2D eigenvalue weighted by Crippen LogP contribution is 2.33. The molecule has 182 valence electrons. The van der Waals surface area contributed by atoms with Crippen LogP contribution >= 0.6 is 11.3 Å². The fraction of sp³-hybridized carbons (Fsp3) is 0.417. The van der Waals surface area contributed by atoms with Gasteiger partial charge in [-0.1, -0.05) is 29.5 Å². The summed E-state index contributed by atoms with van der Waals surface area (Å²) in [6, 6.07) is 14.1. The van der Waals surface area contributed by atoms with E-state index in [1.165, 1.54) is 15.6 Å². The Bertz CT molecular complexity index is 1240. The fourth-order valence-corrected chi connectivity index (χ4v) is 6.63. The number of aromatic nitrogens is 1. The van der Waals surface area contributed by atoms with Gasteiger partial charge in [-0.15, -0.1) is 0 Å². The number of benzene rings is 2. The van der Waals surface area contributed by atoms with Crippen LogP contribution in [-0.4, -0.2) is 75.9 Å². The van der Waals surface area contributed by atoms with E-state index in [1.54, 1.807) is 42.3 Å². The Morgan fingerprint density at radius 1 is 1.18 bits per heavy atom. The van der Waals surface area contributed by atoms with Gasteiger partial charge in [-0.3, -0.25) is 9.69 Å². The number of anilines is 1. The zero-order chi connectivity index (χ0) is 24.3. The molecule has 0 N–H and O–H groups in total. The number of ether oxygens (including phenoxy) is 1. The summed E-state index contributed by atoms with van der Waals surface area (Å²) in [5.74, 6) is 0.236. The number of rotatable bonds is 8. The summed E-state index contributed by atoms with van der Waals surface area (Å²) < 4.78 is 34.0. The summed E-state index contributed by atoms with van der Waals surface area (Å²) in [4.78, 5) is 22.5. The summed E-state index contributed by atoms with van der Waals surface area (Å²) in [6.45, 7) is 1.74. The Morgan fingerprint density at radius 2 is 1.94 bits per heavy atom. The predicted octanol–water partition coefficient (Wildman–Crippen LogP) is 3.30. The number of piperidine rings is 1. The predicted molar refractivity (Wildman–Crippen MR) is 135 cm³/mol. The van der Waals surface area contributed by atoms with Gasteiger partial charge in [0, 0.05) is 26.2 Å². The molecule has 2 aromatic carbocycles. The van der Waals surface area contributed by atoms with Gasteiger partial charge in [0.05, 0.1) is 28.1 Å². The van der Waals surface area contributed by atoms with Gasteiger partial charge in [0.25, 0.3) is 0 Å². The lowest BCUT2D eigenvalue weighted by Crippen LogP contribution is -2.48. The largest absolute Gasteiger partial charge is 0.497 e. The van der Waals surface area contributed by atoms with Crippen LogP contribution in [0.15, 0.2) is 53.4 Å². The maximum Gasteiger partial charge on any atom is 0.243 e. The summed E-state index contributed by atoms with van der Waals surface area (Å²) >= 11 is 1.45. The molecule has 1 saturated heterocycles. The minimum Gasteiger partial charge on any atom is -0.497 e. The van der Waals surface area contributed by atoms with Crippen molar-refractivity contribution >= 4 is 42.6 Å². The topological polar surface area (TPSA) is 83.1 Å². The number of nitrogens with zero attached hydrogens (tertiary/aromatic N) is 4. The van der Waals surface area contributed by atoms with Crippen LogP contribution in [-0.2, 0) is 14.8 Å². The molecule has 34 heavy (non-hydrogen) atoms. The molecule has 0 bridgehead atoms. The van der Waals surface area contributed by atoms with E-state index in [4.69, 9.17) is 9.72 Å². The van der Waals surface area contributed by atoms with Crippen LogP contribution in [0.2, 0.25) is 0 Å². The van der Waals surface area contributed by atoms with Crippen molar-refractivity contribution in [3.63, 3.8) is 0 Å². The first-order valence-electron chi connectivity index (χ1n) is 11.3. The van der Waals surface area contributed by atoms with Crippen molar-refractivity contribution in [3.8, 4) is 5.75 Å². The Labute approximate surface area is 204 Å². The standard InChI is InChI=1S/C24H30N4O4S2/c1-26(2)14-15-28(24-25-21-12-11-19(32-3)16-22(21)33-24)23(29)18-8-7-13-27(17-18)34(30,31)20-9-5-4-6-10-20/h4-6,9-12,16,18H,7-8,13-15,17H2,1-3H3. The van der Waals surface area contributed by atoms with Crippen molar-refractivity contribution in [2.24, 2.45) is 5.92 Å². The molecule has 2 heterocycles. The second kappa shape index (κ2) is 10.4. The molecule has 8 nitrogen and oxygen atoms in total. The Morgan fingerprint density at radius 3 is 2.65 bits per heavy atom. The second-order valence-corrected chi connectivity index (χ2v) is 11.6. The monoisotopic (exact) mass is 502 g/mol. The third-order valence-electron chi connectivity index (χ3n) is 5.97. The highest BCUT2D eigenvalue weighted by Gasteiger charge is 2.36. The summed E-state index contributed by atoms with van der Waals surface area (Å²) in [6.07, 6.45) is 1.29. The Kier molecular flexibility index (Phi) is 7.51. The first kappa shape index (κ1) is 24.6. The molecule has 1 unspecified atom stereocenters. The summed E-state index contributed by atoms with van der Waals surface area (Å²) in [7, 11) is 1.89. The third kappa shape index (κ3) is 5.25. The van der Waals surface area contributed by atoms with Crippen LogP contribution in [0.3, 0.4) is 0 Å². The molecule has 0 radical (unpaired) electrons. The van der Waals surface area contributed by atoms with Crippen LogP contribution in [0.4, 0.5) is 5.13 Å². The fourth-order valence-electron chi connectivity index (χ4n) is 4.06. The molecule has 1 amide bonds. The van der Waals surface area contributed by atoms with Crippen molar-refractivity contribution in [1.29, 1.82) is 0 Å². The third-order valence-corrected chi connectivity index (χ3v) is 8.89. The van der Waals surface area contributed by atoms with Gasteiger partial charge in [0.15, 0.2) is 5.13 Å². The summed E-state index contributed by atoms with van der Waals surface area (Å²) in [5.41, 5.74) is 0.806. The van der Waals surface area contributed by atoms with Gasteiger partial charge in [0.2, 0.25) is 15.9 Å². The number of sulfonamides is 1. The number of hydrogen-bond acceptors (Lipinski definition) is 7. The maximum atomic E-state index is 13.7. The molecule has 1 aliphatic heterocycles. The molecule has 0 spiro atoms. The number of methoxy groups -OCH3 is 1. The molecular weight excluding hydrogens is 472 g/mol. The van der Waals surface area contributed by atoms with Crippen LogP contribution in [0.1, 0.15) is 12.8 Å². The van der Waals surface area contributed by atoms with Crippen LogP contribution in [0.25, 0.3) is 10.2 Å². The van der Waals surface area contributed by atoms with Gasteiger partial charge < -0.3 is 9.64 Å². The van der Waals surface area contributed by atoms with Gasteiger partial charge in [-0.25, -0.2) is 13.4 Å². The molecule has 4 rings (SSSR count). The average molecular weight is 503 g/mol. The maximum absolute atomic E-state index is 13.7. The van der Waals surface area contributed by atoms with E-state index < -0.39 is 15.9 Å². The average Bonchev–Trinajstić information content (AvgIpc) is 3.27. The molecule has 1 aromatic heterocycles. The van der Waals surface area contributed by atoms with Crippen molar-refractivity contribution in [1.82, 2.24) is 14.2 Å². The zero-order valence-corrected chi connectivity index (χ0v) is 21.3. The normalized spacial score (nSPS) is 17.2. The number of thiazole rings is 1. The van der Waals surface area contributed by atoms with E-state index in [2.05, 4.69) is 0 Å². The Hall–Kier alpha value is -2.53. The molecule has 1 fully saturated rings. The van der Waals surface area contributed by atoms with Crippen LogP contribution in [0, 0.1) is 5.92 Å². The SMILES string of the molecule is COc1ccc2nc(N(CCN(C)C)C(=O)C3CCCN(S(=O)(=O)c4ccccc4)C3)sc2c1. The van der Waals surface area contributed by atoms with Crippen LogP contribution in [0.5, 0.6) is 5.75 Å². The number of amides is 1. The number of fused-ring (bicyclic) bond motifs is 1. The van der Waals surface area contributed by atoms with Gasteiger partial charge in [-0.2, -0.15) is 4.31 Å². The van der Waals surface area contributed by atoms with Crippen molar-refractivity contribution in [2.75, 3.05) is 52.3 Å². The minimum absolute atomic E-state index is 0.0826. The van der Waals surface area contributed by atoms with E-state index in [0.29, 0.717) is 37.6 Å². The molecular formula is C24H30N4O4S2. The number of carbonyl (C=O) groups is 1. The van der Waals surface area contributed by atoms with E-state index >= 15 is 0 Å². The Balaban J connectivity index is 1.60. The number of carbonyl (C=O) groups excluding carboxylic acids is 1. The highest BCUT2D eigenvalue weighted by molar-refractivity contribution is 7.89. The molecule has 1 aliphatic rings. The van der Waals surface area contributed by atoms with Gasteiger partial charge >= 0.3 is 0 Å². The lowest BCUT2D eigenvalue weighted by atomic mass is 9.98. The molecule has 3 aromatic rings. The van der Waals surface area contributed by atoms with Crippen LogP contribution < -0.4 is 9.64 Å². The summed E-state index contributed by atoms with van der Waals surface area (Å²) in [5, 5.41) is 0.623. The molecule has 0 aliphatic carbocycles. The van der Waals surface area contributed by atoms with E-state index in [-0.39, 0.29) is 17.3 Å². The van der Waals surface area contributed by atoms with Crippen molar-refractivity contribution in [3.05, 3.63) is 48.5 Å². The lowest BCUT2D eigenvalue weighted by molar-refractivity contribution is -0.123. The highest BCUT2D eigenvalue weighted by atomic mass is 32.2. The van der Waals surface area contributed by atoms with Crippen molar-refractivity contribution < 1.29 is 17.9 Å². The lowest BCUT2D eigenvalue weighted by Gasteiger charge is -2.34. The van der Waals surface area contributed by atoms with E-state index in [9.17, 15) is 13.2 Å². The minimum atomic E-state index is -3.65. The molecule has 1 atom stereocenters. The first-order chi connectivity index (χ1) is 16.3.